The molecule has 1 fully saturated rings. The number of rotatable bonds is 4. The van der Waals surface area contributed by atoms with Crippen LogP contribution in [-0.4, -0.2) is 28.7 Å². The largest absolute Gasteiger partial charge is 0.465 e. The molecule has 1 amide bonds. The van der Waals surface area contributed by atoms with Crippen molar-refractivity contribution in [1.82, 2.24) is 9.88 Å². The third-order valence-corrected chi connectivity index (χ3v) is 6.33. The van der Waals surface area contributed by atoms with Crippen LogP contribution in [0.25, 0.3) is 11.8 Å². The fraction of sp³-hybridized carbons (Fsp3) is 0.160. The van der Waals surface area contributed by atoms with E-state index in [1.165, 1.54) is 31.0 Å². The molecule has 0 unspecified atom stereocenters. The lowest BCUT2D eigenvalue weighted by atomic mass is 10.1. The number of nitrogens with zero attached hydrogens (tertiary/aromatic N) is 2. The first-order chi connectivity index (χ1) is 15.8. The lowest BCUT2D eigenvalue weighted by Gasteiger charge is -2.15. The summed E-state index contributed by atoms with van der Waals surface area (Å²) < 4.78 is 20.1. The summed E-state index contributed by atoms with van der Waals surface area (Å²) in [4.78, 5) is 29.5. The zero-order valence-electron chi connectivity index (χ0n) is 18.6. The van der Waals surface area contributed by atoms with Crippen molar-refractivity contribution in [3.05, 3.63) is 87.3 Å². The van der Waals surface area contributed by atoms with E-state index in [0.717, 1.165) is 28.2 Å². The molecule has 0 spiro atoms. The van der Waals surface area contributed by atoms with Gasteiger partial charge in [0, 0.05) is 17.1 Å². The Balaban J connectivity index is 1.67. The van der Waals surface area contributed by atoms with Gasteiger partial charge in [0.25, 0.3) is 5.91 Å². The molecule has 1 N–H and O–H groups in total. The summed E-state index contributed by atoms with van der Waals surface area (Å²) in [7, 11) is 1.36. The highest BCUT2D eigenvalue weighted by Crippen LogP contribution is 2.31. The lowest BCUT2D eigenvalue weighted by molar-refractivity contribution is -0.115. The number of ether oxygens (including phenoxy) is 1. The van der Waals surface area contributed by atoms with Crippen LogP contribution in [0.5, 0.6) is 0 Å². The molecule has 2 aromatic carbocycles. The summed E-state index contributed by atoms with van der Waals surface area (Å²) in [5, 5.41) is 3.19. The van der Waals surface area contributed by atoms with Gasteiger partial charge in [-0.3, -0.25) is 4.79 Å². The first-order valence-corrected chi connectivity index (χ1v) is 11.0. The number of carbonyl (C=O) groups excluding carboxylic acids is 2. The molecule has 4 rings (SSSR count). The van der Waals surface area contributed by atoms with Crippen molar-refractivity contribution >= 4 is 40.6 Å². The second-order valence-corrected chi connectivity index (χ2v) is 8.59. The number of hydrogen-bond acceptors (Lipinski definition) is 5. The van der Waals surface area contributed by atoms with Gasteiger partial charge in [0.1, 0.15) is 5.82 Å². The maximum absolute atomic E-state index is 13.1. The Morgan fingerprint density at radius 2 is 1.88 bits per heavy atom. The molecule has 1 saturated heterocycles. The minimum atomic E-state index is -0.383. The van der Waals surface area contributed by atoms with Gasteiger partial charge >= 0.3 is 5.97 Å². The van der Waals surface area contributed by atoms with Gasteiger partial charge in [-0.05, 0) is 92.2 Å². The second-order valence-electron chi connectivity index (χ2n) is 7.56. The Bertz CT molecular complexity index is 1320. The maximum Gasteiger partial charge on any atom is 0.338 e. The highest BCUT2D eigenvalue weighted by Gasteiger charge is 2.25. The third kappa shape index (κ3) is 4.47. The van der Waals surface area contributed by atoms with Gasteiger partial charge in [0.05, 0.1) is 23.3 Å². The van der Waals surface area contributed by atoms with E-state index in [0.29, 0.717) is 21.3 Å². The van der Waals surface area contributed by atoms with Gasteiger partial charge in [-0.15, -0.1) is 0 Å². The van der Waals surface area contributed by atoms with Gasteiger partial charge in [0.2, 0.25) is 0 Å². The van der Waals surface area contributed by atoms with E-state index in [4.69, 9.17) is 4.74 Å². The zero-order valence-corrected chi connectivity index (χ0v) is 19.4. The number of aromatic nitrogens is 1. The van der Waals surface area contributed by atoms with Crippen molar-refractivity contribution < 1.29 is 18.7 Å². The number of halogens is 1. The first-order valence-electron chi connectivity index (χ1n) is 10.2. The average molecular weight is 464 g/mol. The van der Waals surface area contributed by atoms with Crippen molar-refractivity contribution in [3.63, 3.8) is 0 Å². The molecule has 0 aliphatic carbocycles. The Hall–Kier alpha value is -3.65. The molecule has 6 nitrogen and oxygen atoms in total. The van der Waals surface area contributed by atoms with Gasteiger partial charge < -0.3 is 14.6 Å². The van der Waals surface area contributed by atoms with E-state index < -0.39 is 0 Å². The summed E-state index contributed by atoms with van der Waals surface area (Å²) in [6, 6.07) is 13.3. The van der Waals surface area contributed by atoms with Gasteiger partial charge in [-0.25, -0.2) is 14.2 Å². The molecule has 168 valence electrons. The highest BCUT2D eigenvalue weighted by molar-refractivity contribution is 8.18. The average Bonchev–Trinajstić information content (AvgIpc) is 3.27. The minimum absolute atomic E-state index is 0.241. The fourth-order valence-corrected chi connectivity index (χ4v) is 4.59. The summed E-state index contributed by atoms with van der Waals surface area (Å²) >= 11 is 1.23. The monoisotopic (exact) mass is 463 g/mol. The molecule has 0 bridgehead atoms. The van der Waals surface area contributed by atoms with E-state index in [2.05, 4.69) is 14.9 Å². The van der Waals surface area contributed by atoms with E-state index in [9.17, 15) is 14.0 Å². The van der Waals surface area contributed by atoms with Crippen molar-refractivity contribution in [3.8, 4) is 5.69 Å². The quantitative estimate of drug-likeness (QED) is 0.425. The molecule has 0 atom stereocenters. The van der Waals surface area contributed by atoms with E-state index in [1.807, 2.05) is 45.0 Å². The fourth-order valence-electron chi connectivity index (χ4n) is 3.76. The predicted octanol–water partition coefficient (Wildman–Crippen LogP) is 5.22. The van der Waals surface area contributed by atoms with E-state index in [1.54, 1.807) is 18.2 Å². The molecule has 1 aliphatic rings. The van der Waals surface area contributed by atoms with Crippen LogP contribution in [0.3, 0.4) is 0 Å². The minimum Gasteiger partial charge on any atom is -0.465 e. The Labute approximate surface area is 195 Å². The number of amidine groups is 1. The lowest BCUT2D eigenvalue weighted by Crippen LogP contribution is -2.19. The number of carbonyl (C=O) groups is 2. The first kappa shape index (κ1) is 22.5. The van der Waals surface area contributed by atoms with Crippen molar-refractivity contribution in [2.45, 2.75) is 20.8 Å². The van der Waals surface area contributed by atoms with Crippen molar-refractivity contribution in [1.29, 1.82) is 0 Å². The molecule has 2 heterocycles. The van der Waals surface area contributed by atoms with Gasteiger partial charge in [-0.2, -0.15) is 0 Å². The Morgan fingerprint density at radius 1 is 1.15 bits per heavy atom. The summed E-state index contributed by atoms with van der Waals surface area (Å²) in [5.41, 5.74) is 5.53. The number of nitrogens with one attached hydrogen (secondary N) is 1. The second kappa shape index (κ2) is 9.07. The van der Waals surface area contributed by atoms with E-state index in [-0.39, 0.29) is 17.7 Å². The standard InChI is InChI=1S/C25H22FN3O3S/c1-14-12-17(16(3)29(14)21-7-5-6-20(15(21)2)24(31)32-4)13-22-23(30)28-25(33-22)27-19-10-8-18(26)9-11-19/h5-13H,1-4H3,(H,27,28,30)/b22-13+. The summed E-state index contributed by atoms with van der Waals surface area (Å²) in [6.07, 6.45) is 1.82. The van der Waals surface area contributed by atoms with Crippen LogP contribution in [0.4, 0.5) is 10.1 Å². The molecular weight excluding hydrogens is 441 g/mol. The number of amides is 1. The van der Waals surface area contributed by atoms with Crippen LogP contribution in [0.2, 0.25) is 0 Å². The molecular formula is C25H22FN3O3S. The molecule has 1 aromatic heterocycles. The predicted molar refractivity (Wildman–Crippen MR) is 129 cm³/mol. The van der Waals surface area contributed by atoms with Crippen LogP contribution in [-0.2, 0) is 9.53 Å². The molecule has 3 aromatic rings. The Kier molecular flexibility index (Phi) is 6.20. The molecule has 0 radical (unpaired) electrons. The van der Waals surface area contributed by atoms with Crippen LogP contribution in [0.15, 0.2) is 58.4 Å². The maximum atomic E-state index is 13.1. The van der Waals surface area contributed by atoms with Crippen molar-refractivity contribution in [2.24, 2.45) is 4.99 Å². The van der Waals surface area contributed by atoms with Gasteiger partial charge in [-0.1, -0.05) is 6.07 Å². The number of esters is 1. The topological polar surface area (TPSA) is 72.7 Å². The van der Waals surface area contributed by atoms with E-state index >= 15 is 0 Å². The summed E-state index contributed by atoms with van der Waals surface area (Å²) in [5.74, 6) is -0.967. The number of aliphatic imine (C=N–C) groups is 1. The molecule has 33 heavy (non-hydrogen) atoms. The molecule has 8 heteroatoms. The third-order valence-electron chi connectivity index (χ3n) is 5.42. The number of methoxy groups -OCH3 is 1. The highest BCUT2D eigenvalue weighted by atomic mass is 32.2. The van der Waals surface area contributed by atoms with Gasteiger partial charge in [0.15, 0.2) is 5.17 Å². The van der Waals surface area contributed by atoms with Crippen LogP contribution >= 0.6 is 11.8 Å². The number of aryl methyl sites for hydroxylation is 1. The number of benzene rings is 2. The van der Waals surface area contributed by atoms with Crippen molar-refractivity contribution in [2.75, 3.05) is 7.11 Å². The summed E-state index contributed by atoms with van der Waals surface area (Å²) in [6.45, 7) is 5.83. The number of hydrogen-bond donors (Lipinski definition) is 1. The smallest absolute Gasteiger partial charge is 0.338 e. The molecule has 0 saturated carbocycles. The van der Waals surface area contributed by atoms with Crippen LogP contribution < -0.4 is 5.32 Å². The SMILES string of the molecule is COC(=O)c1cccc(-n2c(C)cc(/C=C3/SC(=Nc4ccc(F)cc4)NC3=O)c2C)c1C. The molecule has 1 aliphatic heterocycles. The van der Waals surface area contributed by atoms with Crippen LogP contribution in [0.1, 0.15) is 32.9 Å². The normalized spacial score (nSPS) is 15.8. The number of thioether (sulfide) groups is 1. The zero-order chi connectivity index (χ0) is 23.7. The Morgan fingerprint density at radius 3 is 2.58 bits per heavy atom. The van der Waals surface area contributed by atoms with Crippen LogP contribution in [0, 0.1) is 26.6 Å².